The second kappa shape index (κ2) is 4.19. The zero-order chi connectivity index (χ0) is 8.97. The first-order valence-corrected chi connectivity index (χ1v) is 4.59. The highest BCUT2D eigenvalue weighted by molar-refractivity contribution is 5.12. The van der Waals surface area contributed by atoms with Gasteiger partial charge < -0.3 is 0 Å². The van der Waals surface area contributed by atoms with Gasteiger partial charge in [0.05, 0.1) is 17.1 Å². The summed E-state index contributed by atoms with van der Waals surface area (Å²) in [5.41, 5.74) is 3.33. The Morgan fingerprint density at radius 2 is 2.08 bits per heavy atom. The van der Waals surface area contributed by atoms with Crippen molar-refractivity contribution in [3.05, 3.63) is 23.3 Å². The summed E-state index contributed by atoms with van der Waals surface area (Å²) in [7, 11) is 0. The topological polar surface area (TPSA) is 25.8 Å². The van der Waals surface area contributed by atoms with E-state index in [0.717, 1.165) is 36.3 Å². The third-order valence-electron chi connectivity index (χ3n) is 1.94. The van der Waals surface area contributed by atoms with Crippen LogP contribution in [-0.2, 0) is 12.8 Å². The fraction of sp³-hybridized carbons (Fsp3) is 0.600. The fourth-order valence-electron chi connectivity index (χ4n) is 1.24. The monoisotopic (exact) mass is 164 g/mol. The van der Waals surface area contributed by atoms with Gasteiger partial charge >= 0.3 is 0 Å². The van der Waals surface area contributed by atoms with Crippen molar-refractivity contribution >= 4 is 0 Å². The Balaban J connectivity index is 2.89. The molecule has 0 radical (unpaired) electrons. The van der Waals surface area contributed by atoms with Crippen LogP contribution in [0.1, 0.15) is 37.4 Å². The predicted molar refractivity (Wildman–Crippen MR) is 50.1 cm³/mol. The lowest BCUT2D eigenvalue weighted by atomic mass is 10.2. The van der Waals surface area contributed by atoms with Gasteiger partial charge in [-0.05, 0) is 19.8 Å². The molecule has 1 aromatic heterocycles. The quantitative estimate of drug-likeness (QED) is 0.685. The number of aryl methyl sites for hydroxylation is 3. The van der Waals surface area contributed by atoms with E-state index < -0.39 is 0 Å². The molecule has 0 amide bonds. The SMILES string of the molecule is CCCc1cnc(C)c(CC)n1. The Labute approximate surface area is 74.1 Å². The van der Waals surface area contributed by atoms with Crippen LogP contribution < -0.4 is 0 Å². The van der Waals surface area contributed by atoms with Crippen LogP contribution in [0.4, 0.5) is 0 Å². The van der Waals surface area contributed by atoms with Gasteiger partial charge in [0, 0.05) is 6.20 Å². The molecule has 0 bridgehead atoms. The van der Waals surface area contributed by atoms with E-state index in [1.54, 1.807) is 0 Å². The van der Waals surface area contributed by atoms with Gasteiger partial charge in [0.1, 0.15) is 0 Å². The Kier molecular flexibility index (Phi) is 3.20. The normalized spacial score (nSPS) is 10.2. The largest absolute Gasteiger partial charge is 0.258 e. The van der Waals surface area contributed by atoms with Crippen molar-refractivity contribution in [2.24, 2.45) is 0 Å². The van der Waals surface area contributed by atoms with E-state index in [1.165, 1.54) is 0 Å². The van der Waals surface area contributed by atoms with E-state index in [0.29, 0.717) is 0 Å². The van der Waals surface area contributed by atoms with Crippen molar-refractivity contribution in [1.82, 2.24) is 9.97 Å². The average molecular weight is 164 g/mol. The van der Waals surface area contributed by atoms with Crippen LogP contribution in [0.3, 0.4) is 0 Å². The number of hydrogen-bond donors (Lipinski definition) is 0. The van der Waals surface area contributed by atoms with Crippen LogP contribution in [-0.4, -0.2) is 9.97 Å². The van der Waals surface area contributed by atoms with Crippen LogP contribution in [0.2, 0.25) is 0 Å². The first-order chi connectivity index (χ1) is 5.77. The Morgan fingerprint density at radius 3 is 2.67 bits per heavy atom. The van der Waals surface area contributed by atoms with Crippen LogP contribution >= 0.6 is 0 Å². The second-order valence-corrected chi connectivity index (χ2v) is 3.00. The average Bonchev–Trinajstić information content (AvgIpc) is 2.09. The molecule has 0 unspecified atom stereocenters. The predicted octanol–water partition coefficient (Wildman–Crippen LogP) is 2.30. The highest BCUT2D eigenvalue weighted by atomic mass is 14.8. The zero-order valence-electron chi connectivity index (χ0n) is 8.09. The summed E-state index contributed by atoms with van der Waals surface area (Å²) in [5, 5.41) is 0. The van der Waals surface area contributed by atoms with Crippen molar-refractivity contribution < 1.29 is 0 Å². The second-order valence-electron chi connectivity index (χ2n) is 3.00. The lowest BCUT2D eigenvalue weighted by Gasteiger charge is -2.03. The van der Waals surface area contributed by atoms with Crippen LogP contribution in [0.5, 0.6) is 0 Å². The van der Waals surface area contributed by atoms with Gasteiger partial charge in [-0.1, -0.05) is 20.3 Å². The van der Waals surface area contributed by atoms with Gasteiger partial charge in [-0.25, -0.2) is 0 Å². The van der Waals surface area contributed by atoms with E-state index in [1.807, 2.05) is 13.1 Å². The zero-order valence-corrected chi connectivity index (χ0v) is 8.09. The van der Waals surface area contributed by atoms with E-state index in [-0.39, 0.29) is 0 Å². The molecule has 0 N–H and O–H groups in total. The molecule has 0 aliphatic carbocycles. The van der Waals surface area contributed by atoms with Crippen LogP contribution in [0, 0.1) is 6.92 Å². The maximum Gasteiger partial charge on any atom is 0.0616 e. The van der Waals surface area contributed by atoms with Gasteiger partial charge in [0.15, 0.2) is 0 Å². The first kappa shape index (κ1) is 9.17. The number of nitrogens with zero attached hydrogens (tertiary/aromatic N) is 2. The van der Waals surface area contributed by atoms with E-state index in [2.05, 4.69) is 23.8 Å². The molecule has 0 spiro atoms. The molecule has 66 valence electrons. The molecule has 0 aromatic carbocycles. The minimum atomic E-state index is 0.983. The number of rotatable bonds is 3. The molecular weight excluding hydrogens is 148 g/mol. The maximum atomic E-state index is 4.52. The number of aromatic nitrogens is 2. The Morgan fingerprint density at radius 1 is 1.33 bits per heavy atom. The Bertz CT molecular complexity index is 256. The molecule has 1 aromatic rings. The van der Waals surface area contributed by atoms with Gasteiger partial charge in [0.25, 0.3) is 0 Å². The molecular formula is C10H16N2. The van der Waals surface area contributed by atoms with Crippen molar-refractivity contribution in [1.29, 1.82) is 0 Å². The molecule has 1 heterocycles. The highest BCUT2D eigenvalue weighted by Crippen LogP contribution is 2.05. The smallest absolute Gasteiger partial charge is 0.0616 e. The molecule has 0 aliphatic rings. The standard InChI is InChI=1S/C10H16N2/c1-4-6-9-7-11-8(3)10(5-2)12-9/h7H,4-6H2,1-3H3. The lowest BCUT2D eigenvalue weighted by Crippen LogP contribution is -1.99. The third-order valence-corrected chi connectivity index (χ3v) is 1.94. The summed E-state index contributed by atoms with van der Waals surface area (Å²) in [4.78, 5) is 8.82. The molecule has 0 fully saturated rings. The van der Waals surface area contributed by atoms with E-state index in [4.69, 9.17) is 0 Å². The van der Waals surface area contributed by atoms with Crippen molar-refractivity contribution in [2.75, 3.05) is 0 Å². The molecule has 2 heteroatoms. The minimum absolute atomic E-state index is 0.983. The van der Waals surface area contributed by atoms with Gasteiger partial charge in [-0.2, -0.15) is 0 Å². The molecule has 0 aliphatic heterocycles. The van der Waals surface area contributed by atoms with E-state index in [9.17, 15) is 0 Å². The summed E-state index contributed by atoms with van der Waals surface area (Å²) in [5.74, 6) is 0. The molecule has 0 atom stereocenters. The van der Waals surface area contributed by atoms with Gasteiger partial charge in [-0.15, -0.1) is 0 Å². The summed E-state index contributed by atoms with van der Waals surface area (Å²) in [6.45, 7) is 6.29. The van der Waals surface area contributed by atoms with Crippen LogP contribution in [0.25, 0.3) is 0 Å². The summed E-state index contributed by atoms with van der Waals surface area (Å²) in [6, 6.07) is 0. The minimum Gasteiger partial charge on any atom is -0.258 e. The first-order valence-electron chi connectivity index (χ1n) is 4.59. The lowest BCUT2D eigenvalue weighted by molar-refractivity contribution is 0.833. The summed E-state index contributed by atoms with van der Waals surface area (Å²) in [6.07, 6.45) is 5.05. The highest BCUT2D eigenvalue weighted by Gasteiger charge is 2.00. The van der Waals surface area contributed by atoms with E-state index >= 15 is 0 Å². The fourth-order valence-corrected chi connectivity index (χ4v) is 1.24. The molecule has 0 saturated heterocycles. The van der Waals surface area contributed by atoms with Crippen molar-refractivity contribution in [3.8, 4) is 0 Å². The van der Waals surface area contributed by atoms with Crippen molar-refractivity contribution in [3.63, 3.8) is 0 Å². The third kappa shape index (κ3) is 2.03. The molecule has 12 heavy (non-hydrogen) atoms. The summed E-state index contributed by atoms with van der Waals surface area (Å²) < 4.78 is 0. The van der Waals surface area contributed by atoms with Crippen molar-refractivity contribution in [2.45, 2.75) is 40.0 Å². The van der Waals surface area contributed by atoms with Gasteiger partial charge in [0.2, 0.25) is 0 Å². The molecule has 2 nitrogen and oxygen atoms in total. The maximum absolute atomic E-state index is 4.52. The molecule has 1 rings (SSSR count). The summed E-state index contributed by atoms with van der Waals surface area (Å²) >= 11 is 0. The van der Waals surface area contributed by atoms with Gasteiger partial charge in [-0.3, -0.25) is 9.97 Å². The Hall–Kier alpha value is -0.920. The number of hydrogen-bond acceptors (Lipinski definition) is 2. The van der Waals surface area contributed by atoms with Crippen LogP contribution in [0.15, 0.2) is 6.20 Å². The molecule has 0 saturated carbocycles.